The van der Waals surface area contributed by atoms with E-state index < -0.39 is 5.97 Å². The molecule has 0 radical (unpaired) electrons. The summed E-state index contributed by atoms with van der Waals surface area (Å²) in [5.41, 5.74) is 9.48. The maximum Gasteiger partial charge on any atom is 0.345 e. The first kappa shape index (κ1) is 14.8. The third-order valence-electron chi connectivity index (χ3n) is 3.44. The molecule has 0 aliphatic heterocycles. The largest absolute Gasteiger partial charge is 0.477 e. The van der Waals surface area contributed by atoms with E-state index in [2.05, 4.69) is 6.07 Å². The molecule has 5 heteroatoms. The Balaban J connectivity index is 2.06. The van der Waals surface area contributed by atoms with Crippen LogP contribution in [0.2, 0.25) is 0 Å². The molecule has 0 amide bonds. The fraction of sp³-hybridized carbons (Fsp3) is 0. The number of nitriles is 1. The highest BCUT2D eigenvalue weighted by Gasteiger charge is 2.11. The van der Waals surface area contributed by atoms with Gasteiger partial charge in [0.15, 0.2) is 0 Å². The first-order chi connectivity index (χ1) is 11.1. The molecule has 23 heavy (non-hydrogen) atoms. The molecular formula is C18H12N2O2S. The minimum absolute atomic E-state index is 0.276. The van der Waals surface area contributed by atoms with Gasteiger partial charge in [-0.3, -0.25) is 0 Å². The molecule has 0 atom stereocenters. The second-order valence-corrected chi connectivity index (χ2v) is 6.05. The van der Waals surface area contributed by atoms with E-state index in [4.69, 9.17) is 10.8 Å². The van der Waals surface area contributed by atoms with Crippen molar-refractivity contribution < 1.29 is 9.90 Å². The third kappa shape index (κ3) is 2.93. The second-order valence-electron chi connectivity index (χ2n) is 4.97. The standard InChI is InChI=1S/C18H12N2O2S/c19-10-13-8-12(16-6-7-17(23-16)18(21)22)4-5-15(13)11-2-1-3-14(20)9-11/h1-9H,20H2,(H,21,22). The minimum Gasteiger partial charge on any atom is -0.477 e. The van der Waals surface area contributed by atoms with Gasteiger partial charge in [0.2, 0.25) is 0 Å². The van der Waals surface area contributed by atoms with E-state index >= 15 is 0 Å². The van der Waals surface area contributed by atoms with Crippen LogP contribution in [0.25, 0.3) is 21.6 Å². The Hall–Kier alpha value is -3.10. The molecule has 2 aromatic carbocycles. The molecular weight excluding hydrogens is 308 g/mol. The van der Waals surface area contributed by atoms with Gasteiger partial charge in [0, 0.05) is 10.6 Å². The number of nitrogens with two attached hydrogens (primary N) is 1. The number of carboxylic acids is 1. The van der Waals surface area contributed by atoms with E-state index in [0.717, 1.165) is 21.6 Å². The van der Waals surface area contributed by atoms with Crippen LogP contribution in [-0.2, 0) is 0 Å². The smallest absolute Gasteiger partial charge is 0.345 e. The van der Waals surface area contributed by atoms with Gasteiger partial charge in [0.25, 0.3) is 0 Å². The number of benzene rings is 2. The number of rotatable bonds is 3. The number of hydrogen-bond donors (Lipinski definition) is 2. The quantitative estimate of drug-likeness (QED) is 0.707. The second kappa shape index (κ2) is 5.95. The molecule has 0 aliphatic carbocycles. The molecule has 0 spiro atoms. The zero-order valence-corrected chi connectivity index (χ0v) is 12.8. The van der Waals surface area contributed by atoms with Crippen LogP contribution in [0.15, 0.2) is 54.6 Å². The van der Waals surface area contributed by atoms with Crippen LogP contribution in [0, 0.1) is 11.3 Å². The summed E-state index contributed by atoms with van der Waals surface area (Å²) < 4.78 is 0. The molecule has 112 valence electrons. The van der Waals surface area contributed by atoms with Crippen molar-refractivity contribution in [2.75, 3.05) is 5.73 Å². The Morgan fingerprint density at radius 1 is 1.09 bits per heavy atom. The van der Waals surface area contributed by atoms with Crippen LogP contribution in [0.3, 0.4) is 0 Å². The summed E-state index contributed by atoms with van der Waals surface area (Å²) in [6.45, 7) is 0. The fourth-order valence-corrected chi connectivity index (χ4v) is 3.20. The number of aromatic carboxylic acids is 1. The first-order valence-electron chi connectivity index (χ1n) is 6.82. The Morgan fingerprint density at radius 3 is 2.57 bits per heavy atom. The van der Waals surface area contributed by atoms with E-state index in [1.54, 1.807) is 24.3 Å². The molecule has 4 nitrogen and oxygen atoms in total. The van der Waals surface area contributed by atoms with E-state index in [9.17, 15) is 10.1 Å². The number of nitrogen functional groups attached to an aromatic ring is 1. The lowest BCUT2D eigenvalue weighted by Gasteiger charge is -2.07. The molecule has 0 saturated heterocycles. The van der Waals surface area contributed by atoms with Gasteiger partial charge in [0.1, 0.15) is 4.88 Å². The normalized spacial score (nSPS) is 10.2. The number of anilines is 1. The zero-order valence-electron chi connectivity index (χ0n) is 12.0. The summed E-state index contributed by atoms with van der Waals surface area (Å²) in [5, 5.41) is 18.5. The SMILES string of the molecule is N#Cc1cc(-c2ccc(C(=O)O)s2)ccc1-c1cccc(N)c1. The summed E-state index contributed by atoms with van der Waals surface area (Å²) in [4.78, 5) is 12.1. The van der Waals surface area contributed by atoms with E-state index in [1.165, 1.54) is 11.3 Å². The molecule has 0 bridgehead atoms. The average molecular weight is 320 g/mol. The first-order valence-corrected chi connectivity index (χ1v) is 7.63. The zero-order chi connectivity index (χ0) is 16.4. The highest BCUT2D eigenvalue weighted by Crippen LogP contribution is 2.32. The van der Waals surface area contributed by atoms with Crippen molar-refractivity contribution >= 4 is 23.0 Å². The topological polar surface area (TPSA) is 87.1 Å². The lowest BCUT2D eigenvalue weighted by atomic mass is 9.97. The summed E-state index contributed by atoms with van der Waals surface area (Å²) in [6, 6.07) is 18.4. The summed E-state index contributed by atoms with van der Waals surface area (Å²) in [7, 11) is 0. The fourth-order valence-electron chi connectivity index (χ4n) is 2.36. The van der Waals surface area contributed by atoms with Crippen molar-refractivity contribution in [3.8, 4) is 27.6 Å². The van der Waals surface area contributed by atoms with Gasteiger partial charge in [-0.25, -0.2) is 4.79 Å². The van der Waals surface area contributed by atoms with Crippen LogP contribution in [0.1, 0.15) is 15.2 Å². The number of thiophene rings is 1. The third-order valence-corrected chi connectivity index (χ3v) is 4.56. The van der Waals surface area contributed by atoms with Crippen LogP contribution in [-0.4, -0.2) is 11.1 Å². The Bertz CT molecular complexity index is 938. The van der Waals surface area contributed by atoms with Gasteiger partial charge in [0.05, 0.1) is 11.6 Å². The van der Waals surface area contributed by atoms with Gasteiger partial charge in [-0.1, -0.05) is 24.3 Å². The van der Waals surface area contributed by atoms with Crippen molar-refractivity contribution in [2.45, 2.75) is 0 Å². The summed E-state index contributed by atoms with van der Waals surface area (Å²) >= 11 is 1.19. The molecule has 3 aromatic rings. The van der Waals surface area contributed by atoms with Crippen molar-refractivity contribution in [1.82, 2.24) is 0 Å². The lowest BCUT2D eigenvalue weighted by molar-refractivity contribution is 0.0702. The van der Waals surface area contributed by atoms with E-state index in [-0.39, 0.29) is 4.88 Å². The number of carboxylic acid groups (broad SMARTS) is 1. The molecule has 0 aliphatic rings. The van der Waals surface area contributed by atoms with Crippen molar-refractivity contribution in [3.05, 3.63) is 65.0 Å². The molecule has 0 saturated carbocycles. The van der Waals surface area contributed by atoms with Gasteiger partial charge in [-0.2, -0.15) is 5.26 Å². The molecule has 0 unspecified atom stereocenters. The minimum atomic E-state index is -0.946. The van der Waals surface area contributed by atoms with E-state index in [0.29, 0.717) is 11.3 Å². The van der Waals surface area contributed by atoms with E-state index in [1.807, 2.05) is 30.3 Å². The maximum atomic E-state index is 11.0. The Kier molecular flexibility index (Phi) is 3.83. The van der Waals surface area contributed by atoms with Crippen LogP contribution >= 0.6 is 11.3 Å². The van der Waals surface area contributed by atoms with Gasteiger partial charge >= 0.3 is 5.97 Å². The highest BCUT2D eigenvalue weighted by atomic mass is 32.1. The van der Waals surface area contributed by atoms with Crippen LogP contribution < -0.4 is 5.73 Å². The van der Waals surface area contributed by atoms with Crippen molar-refractivity contribution in [3.63, 3.8) is 0 Å². The average Bonchev–Trinajstić information content (AvgIpc) is 3.04. The highest BCUT2D eigenvalue weighted by molar-refractivity contribution is 7.17. The number of hydrogen-bond acceptors (Lipinski definition) is 4. The Labute approximate surface area is 137 Å². The molecule has 1 heterocycles. The monoisotopic (exact) mass is 320 g/mol. The van der Waals surface area contributed by atoms with Gasteiger partial charge in [-0.15, -0.1) is 11.3 Å². The maximum absolute atomic E-state index is 11.0. The predicted molar refractivity (Wildman–Crippen MR) is 91.3 cm³/mol. The molecule has 1 aromatic heterocycles. The van der Waals surface area contributed by atoms with Crippen molar-refractivity contribution in [2.24, 2.45) is 0 Å². The summed E-state index contributed by atoms with van der Waals surface area (Å²) in [5.74, 6) is -0.946. The van der Waals surface area contributed by atoms with Gasteiger partial charge < -0.3 is 10.8 Å². The number of nitrogens with zero attached hydrogens (tertiary/aromatic N) is 1. The lowest BCUT2D eigenvalue weighted by Crippen LogP contribution is -1.89. The predicted octanol–water partition coefficient (Wildman–Crippen LogP) is 4.23. The number of carbonyl (C=O) groups is 1. The molecule has 0 fully saturated rings. The Morgan fingerprint density at radius 2 is 1.91 bits per heavy atom. The summed E-state index contributed by atoms with van der Waals surface area (Å²) in [6.07, 6.45) is 0. The van der Waals surface area contributed by atoms with Crippen molar-refractivity contribution in [1.29, 1.82) is 5.26 Å². The van der Waals surface area contributed by atoms with Gasteiger partial charge in [-0.05, 0) is 47.0 Å². The van der Waals surface area contributed by atoms with Crippen LogP contribution in [0.4, 0.5) is 5.69 Å². The van der Waals surface area contributed by atoms with Crippen LogP contribution in [0.5, 0.6) is 0 Å². The molecule has 3 rings (SSSR count). The molecule has 3 N–H and O–H groups in total.